The predicted octanol–water partition coefficient (Wildman–Crippen LogP) is 6.41. The number of nitrogens with one attached hydrogen (secondary N) is 1. The largest absolute Gasteiger partial charge is 0.481 e. The van der Waals surface area contributed by atoms with Crippen molar-refractivity contribution < 1.29 is 46.4 Å². The van der Waals surface area contributed by atoms with Crippen LogP contribution in [0.5, 0.6) is 0 Å². The Balaban J connectivity index is 0. The first-order valence-electron chi connectivity index (χ1n) is 16.2. The molecule has 2 unspecified atom stereocenters. The summed E-state index contributed by atoms with van der Waals surface area (Å²) in [6, 6.07) is 0. The Morgan fingerprint density at radius 1 is 0.814 bits per heavy atom. The fourth-order valence-corrected chi connectivity index (χ4v) is 4.46. The number of ether oxygens (including phenoxy) is 3. The smallest absolute Gasteiger partial charge is 0.397 e. The zero-order valence-corrected chi connectivity index (χ0v) is 28.4. The van der Waals surface area contributed by atoms with Crippen molar-refractivity contribution in [3.05, 3.63) is 11.3 Å². The van der Waals surface area contributed by atoms with Crippen LogP contribution in [0.2, 0.25) is 0 Å². The number of hydrogen-bond acceptors (Lipinski definition) is 9. The molecule has 0 aliphatic heterocycles. The molecule has 258 valence electrons. The molecule has 0 saturated carbocycles. The van der Waals surface area contributed by atoms with Crippen molar-refractivity contribution in [2.75, 3.05) is 40.1 Å². The molecule has 0 spiro atoms. The van der Waals surface area contributed by atoms with Crippen LogP contribution in [0.1, 0.15) is 130 Å². The molecule has 0 bridgehead atoms. The normalized spacial score (nSPS) is 13.6. The lowest BCUT2D eigenvalue weighted by molar-refractivity contribution is -0.138. The fourth-order valence-electron chi connectivity index (χ4n) is 4.46. The molecule has 0 aromatic heterocycles. The fraction of sp³-hybridized carbons (Fsp3) is 0.903. The highest BCUT2D eigenvalue weighted by Gasteiger charge is 2.18. The van der Waals surface area contributed by atoms with E-state index in [0.717, 1.165) is 25.6 Å². The van der Waals surface area contributed by atoms with Gasteiger partial charge in [0.2, 0.25) is 0 Å². The van der Waals surface area contributed by atoms with Crippen LogP contribution in [0.4, 0.5) is 0 Å². The van der Waals surface area contributed by atoms with Crippen LogP contribution in [-0.4, -0.2) is 81.6 Å². The number of hydrogen-bond donors (Lipinski definition) is 4. The highest BCUT2D eigenvalue weighted by Crippen LogP contribution is 2.21. The first-order valence-corrected chi connectivity index (χ1v) is 17.5. The molecule has 0 fully saturated rings. The summed E-state index contributed by atoms with van der Waals surface area (Å²) >= 11 is 0. The molecule has 0 heterocycles. The molecule has 0 saturated heterocycles. The van der Waals surface area contributed by atoms with Crippen LogP contribution in [0.25, 0.3) is 0 Å². The lowest BCUT2D eigenvalue weighted by Gasteiger charge is -2.24. The molecule has 43 heavy (non-hydrogen) atoms. The number of aliphatic hydroxyl groups excluding tert-OH is 1. The third-order valence-electron chi connectivity index (χ3n) is 6.83. The van der Waals surface area contributed by atoms with Crippen molar-refractivity contribution in [3.8, 4) is 0 Å². The van der Waals surface area contributed by atoms with Crippen LogP contribution >= 0.6 is 0 Å². The molecule has 0 rings (SSSR count). The molecule has 2 atom stereocenters. The van der Waals surface area contributed by atoms with Gasteiger partial charge in [0.25, 0.3) is 0 Å². The molecule has 0 amide bonds. The Bertz CT molecular complexity index is 775. The van der Waals surface area contributed by atoms with Gasteiger partial charge in [-0.1, -0.05) is 90.4 Å². The van der Waals surface area contributed by atoms with E-state index in [9.17, 15) is 18.3 Å². The molecule has 0 aromatic carbocycles. The Morgan fingerprint density at radius 2 is 1.30 bits per heavy atom. The van der Waals surface area contributed by atoms with E-state index in [2.05, 4.69) is 16.4 Å². The van der Waals surface area contributed by atoms with Gasteiger partial charge in [-0.15, -0.1) is 0 Å². The van der Waals surface area contributed by atoms with Crippen molar-refractivity contribution in [1.82, 2.24) is 5.32 Å². The summed E-state index contributed by atoms with van der Waals surface area (Å²) in [6.07, 6.45) is 18.6. The van der Waals surface area contributed by atoms with E-state index >= 15 is 0 Å². The van der Waals surface area contributed by atoms with Crippen molar-refractivity contribution in [1.29, 1.82) is 0 Å². The van der Waals surface area contributed by atoms with Gasteiger partial charge in [0, 0.05) is 18.8 Å². The van der Waals surface area contributed by atoms with E-state index in [1.165, 1.54) is 89.0 Å². The maximum Gasteiger partial charge on any atom is 0.397 e. The maximum absolute atomic E-state index is 10.6. The predicted molar refractivity (Wildman–Crippen MR) is 170 cm³/mol. The SMILES string of the molecule is CCCCCCCCCCCCCCCCC(=C(C)NCCOCCC(=O)O)C(COC(C)O)OCC.COS(=O)(=O)O. The molecule has 0 radical (unpaired) electrons. The minimum absolute atomic E-state index is 0.0162. The van der Waals surface area contributed by atoms with Gasteiger partial charge in [-0.05, 0) is 39.2 Å². The van der Waals surface area contributed by atoms with Crippen LogP contribution in [-0.2, 0) is 33.6 Å². The van der Waals surface area contributed by atoms with Crippen LogP contribution in [0, 0.1) is 0 Å². The third-order valence-corrected chi connectivity index (χ3v) is 7.26. The third kappa shape index (κ3) is 33.5. The van der Waals surface area contributed by atoms with Crippen molar-refractivity contribution in [2.24, 2.45) is 0 Å². The summed E-state index contributed by atoms with van der Waals surface area (Å²) in [5, 5.41) is 21.7. The average Bonchev–Trinajstić information content (AvgIpc) is 2.95. The van der Waals surface area contributed by atoms with Gasteiger partial charge in [-0.25, -0.2) is 0 Å². The van der Waals surface area contributed by atoms with Gasteiger partial charge in [-0.2, -0.15) is 8.42 Å². The summed E-state index contributed by atoms with van der Waals surface area (Å²) < 4.78 is 46.6. The Morgan fingerprint density at radius 3 is 1.72 bits per heavy atom. The molecule has 0 aromatic rings. The van der Waals surface area contributed by atoms with Gasteiger partial charge in [0.15, 0.2) is 6.29 Å². The van der Waals surface area contributed by atoms with Gasteiger partial charge < -0.3 is 29.7 Å². The maximum atomic E-state index is 10.6. The number of carboxylic acids is 1. The van der Waals surface area contributed by atoms with Gasteiger partial charge in [-0.3, -0.25) is 13.5 Å². The Kier molecular flexibility index (Phi) is 31.3. The molecule has 0 aliphatic rings. The van der Waals surface area contributed by atoms with E-state index in [4.69, 9.17) is 23.9 Å². The molecule has 0 aliphatic carbocycles. The Labute approximate surface area is 262 Å². The Hall–Kier alpha value is -1.28. The summed E-state index contributed by atoms with van der Waals surface area (Å²) in [5.74, 6) is -0.850. The number of rotatable bonds is 29. The number of carboxylic acid groups (broad SMARTS) is 1. The number of carbonyl (C=O) groups is 1. The van der Waals surface area contributed by atoms with Crippen LogP contribution in [0.3, 0.4) is 0 Å². The minimum Gasteiger partial charge on any atom is -0.481 e. The van der Waals surface area contributed by atoms with Crippen molar-refractivity contribution in [3.63, 3.8) is 0 Å². The molecule has 11 nitrogen and oxygen atoms in total. The average molecular weight is 642 g/mol. The molecule has 4 N–H and O–H groups in total. The lowest BCUT2D eigenvalue weighted by atomic mass is 9.99. The second kappa shape index (κ2) is 30.7. The van der Waals surface area contributed by atoms with Gasteiger partial charge in [0.05, 0.1) is 33.4 Å². The summed E-state index contributed by atoms with van der Waals surface area (Å²) in [4.78, 5) is 10.6. The number of aliphatic hydroxyl groups is 1. The summed E-state index contributed by atoms with van der Waals surface area (Å²) in [6.45, 7) is 10.0. The zero-order chi connectivity index (χ0) is 32.8. The number of unbranched alkanes of at least 4 members (excludes halogenated alkanes) is 13. The topological polar surface area (TPSA) is 161 Å². The lowest BCUT2D eigenvalue weighted by Crippen LogP contribution is -2.29. The molecular formula is C31H63NO10S. The van der Waals surface area contributed by atoms with Crippen LogP contribution in [0.15, 0.2) is 11.3 Å². The minimum atomic E-state index is -4.16. The molecular weight excluding hydrogens is 578 g/mol. The summed E-state index contributed by atoms with van der Waals surface area (Å²) in [7, 11) is -3.29. The van der Waals surface area contributed by atoms with Crippen molar-refractivity contribution >= 4 is 16.4 Å². The summed E-state index contributed by atoms with van der Waals surface area (Å²) in [5.41, 5.74) is 2.22. The van der Waals surface area contributed by atoms with E-state index in [-0.39, 0.29) is 19.1 Å². The quantitative estimate of drug-likeness (QED) is 0.0406. The highest BCUT2D eigenvalue weighted by atomic mass is 32.3. The standard InChI is InChI=1S/C30H59NO6.CH4O4S/c1-5-7-8-9-10-11-12-13-14-15-16-17-18-19-20-28(29(36-6-2)25-37-27(4)32)26(3)31-22-24-35-23-21-30(33)34;1-5-6(2,3)4/h27,29,31-32H,5-25H2,1-4H3,(H,33,34);1H3,(H,2,3,4). The van der Waals surface area contributed by atoms with E-state index < -0.39 is 22.7 Å². The highest BCUT2D eigenvalue weighted by molar-refractivity contribution is 7.80. The first kappa shape index (κ1) is 43.8. The van der Waals surface area contributed by atoms with Crippen molar-refractivity contribution in [2.45, 2.75) is 143 Å². The van der Waals surface area contributed by atoms with E-state index in [0.29, 0.717) is 26.4 Å². The zero-order valence-electron chi connectivity index (χ0n) is 27.6. The first-order chi connectivity index (χ1) is 20.5. The van der Waals surface area contributed by atoms with Crippen LogP contribution < -0.4 is 5.32 Å². The van der Waals surface area contributed by atoms with Gasteiger partial charge in [0.1, 0.15) is 6.10 Å². The van der Waals surface area contributed by atoms with E-state index in [1.807, 2.05) is 13.8 Å². The number of allylic oxidation sites excluding steroid dienone is 1. The number of aliphatic carboxylic acids is 1. The van der Waals surface area contributed by atoms with E-state index in [1.54, 1.807) is 6.92 Å². The monoisotopic (exact) mass is 641 g/mol. The molecule has 12 heteroatoms. The van der Waals surface area contributed by atoms with Gasteiger partial charge >= 0.3 is 16.4 Å². The second-order valence-corrected chi connectivity index (χ2v) is 11.8. The second-order valence-electron chi connectivity index (χ2n) is 10.7.